The zero-order valence-corrected chi connectivity index (χ0v) is 16.8. The van der Waals surface area contributed by atoms with Gasteiger partial charge >= 0.3 is 0 Å². The largest absolute Gasteiger partial charge is 0.305 e. The van der Waals surface area contributed by atoms with Crippen molar-refractivity contribution < 1.29 is 4.79 Å². The number of aromatic nitrogens is 3. The smallest absolute Gasteiger partial charge is 0.191 e. The van der Waals surface area contributed by atoms with Gasteiger partial charge in [0.05, 0.1) is 5.25 Å². The Bertz CT molecular complexity index is 874. The highest BCUT2D eigenvalue weighted by atomic mass is 32.2. The van der Waals surface area contributed by atoms with Crippen molar-refractivity contribution in [3.63, 3.8) is 0 Å². The summed E-state index contributed by atoms with van der Waals surface area (Å²) >= 11 is 3.36. The average Bonchev–Trinajstić information content (AvgIpc) is 3.34. The first kappa shape index (κ1) is 18.4. The van der Waals surface area contributed by atoms with Crippen molar-refractivity contribution in [2.24, 2.45) is 0 Å². The Morgan fingerprint density at radius 2 is 2.00 bits per heavy atom. The number of hydrogen-bond donors (Lipinski definition) is 0. The molecule has 0 bridgehead atoms. The second kappa shape index (κ2) is 8.85. The molecule has 2 heterocycles. The van der Waals surface area contributed by atoms with Crippen molar-refractivity contribution in [3.8, 4) is 0 Å². The number of hydrogen-bond acceptors (Lipinski definition) is 5. The highest BCUT2D eigenvalue weighted by Gasteiger charge is 2.26. The summed E-state index contributed by atoms with van der Waals surface area (Å²) in [6, 6.07) is 14.7. The van der Waals surface area contributed by atoms with Crippen LogP contribution in [0.5, 0.6) is 0 Å². The molecule has 4 nitrogen and oxygen atoms in total. The van der Waals surface area contributed by atoms with Crippen LogP contribution in [0.3, 0.4) is 0 Å². The quantitative estimate of drug-likeness (QED) is 0.576. The van der Waals surface area contributed by atoms with Gasteiger partial charge in [-0.25, -0.2) is 0 Å². The fourth-order valence-corrected chi connectivity index (χ4v) is 5.32. The van der Waals surface area contributed by atoms with E-state index in [0.717, 1.165) is 49.6 Å². The van der Waals surface area contributed by atoms with Crippen molar-refractivity contribution in [1.29, 1.82) is 0 Å². The monoisotopic (exact) mass is 397 g/mol. The van der Waals surface area contributed by atoms with Crippen molar-refractivity contribution in [2.45, 2.75) is 55.5 Å². The molecule has 4 rings (SSSR count). The fourth-order valence-electron chi connectivity index (χ4n) is 3.42. The van der Waals surface area contributed by atoms with Crippen LogP contribution in [0.2, 0.25) is 0 Å². The standard InChI is InChI=1S/C21H23N3OS2/c25-18-10-4-5-11-19(18)27-21-23-22-20(15-17-9-6-14-26-17)24(21)13-12-16-7-2-1-3-8-16/h1-3,6-9,14,19H,4-5,10-13,15H2/t19-/m1/s1. The van der Waals surface area contributed by atoms with Gasteiger partial charge in [-0.3, -0.25) is 4.79 Å². The Balaban J connectivity index is 1.55. The maximum atomic E-state index is 12.3. The molecule has 1 aliphatic carbocycles. The van der Waals surface area contributed by atoms with Crippen molar-refractivity contribution in [1.82, 2.24) is 14.8 Å². The lowest BCUT2D eigenvalue weighted by Crippen LogP contribution is -2.22. The predicted octanol–water partition coefficient (Wildman–Crippen LogP) is 4.78. The van der Waals surface area contributed by atoms with E-state index in [4.69, 9.17) is 0 Å². The van der Waals surface area contributed by atoms with Gasteiger partial charge < -0.3 is 4.57 Å². The molecule has 6 heteroatoms. The number of carbonyl (C=O) groups excluding carboxylic acids is 1. The second-order valence-corrected chi connectivity index (χ2v) is 9.06. The molecule has 0 N–H and O–H groups in total. The van der Waals surface area contributed by atoms with Gasteiger partial charge in [-0.2, -0.15) is 0 Å². The normalized spacial score (nSPS) is 17.3. The molecule has 0 radical (unpaired) electrons. The van der Waals surface area contributed by atoms with E-state index < -0.39 is 0 Å². The molecule has 1 atom stereocenters. The molecule has 1 fully saturated rings. The number of nitrogens with zero attached hydrogens (tertiary/aromatic N) is 3. The van der Waals surface area contributed by atoms with Gasteiger partial charge in [0.2, 0.25) is 0 Å². The lowest BCUT2D eigenvalue weighted by Gasteiger charge is -2.19. The highest BCUT2D eigenvalue weighted by molar-refractivity contribution is 8.00. The third-order valence-corrected chi connectivity index (χ3v) is 7.09. The fraction of sp³-hybridized carbons (Fsp3) is 0.381. The van der Waals surface area contributed by atoms with Crippen LogP contribution >= 0.6 is 23.1 Å². The molecular weight excluding hydrogens is 374 g/mol. The summed E-state index contributed by atoms with van der Waals surface area (Å²) in [4.78, 5) is 13.6. The minimum atomic E-state index is 0.0352. The van der Waals surface area contributed by atoms with E-state index >= 15 is 0 Å². The lowest BCUT2D eigenvalue weighted by atomic mass is 9.99. The molecule has 0 aliphatic heterocycles. The SMILES string of the molecule is O=C1CCCC[C@H]1Sc1nnc(Cc2cccs2)n1CCc1ccccc1. The third-order valence-electron chi connectivity index (χ3n) is 4.92. The number of ketones is 1. The number of aryl methyl sites for hydroxylation is 1. The Labute approximate surface area is 168 Å². The first-order valence-corrected chi connectivity index (χ1v) is 11.2. The van der Waals surface area contributed by atoms with Crippen molar-refractivity contribution in [3.05, 3.63) is 64.1 Å². The second-order valence-electron chi connectivity index (χ2n) is 6.86. The number of benzene rings is 1. The van der Waals surface area contributed by atoms with Crippen molar-refractivity contribution >= 4 is 28.9 Å². The molecule has 0 spiro atoms. The first-order valence-electron chi connectivity index (χ1n) is 9.47. The molecule has 1 aromatic carbocycles. The van der Waals surface area contributed by atoms with Crippen LogP contribution in [0.25, 0.3) is 0 Å². The number of carbonyl (C=O) groups is 1. The molecule has 2 aromatic heterocycles. The molecule has 140 valence electrons. The average molecular weight is 398 g/mol. The third kappa shape index (κ3) is 4.68. The van der Waals surface area contributed by atoms with Crippen LogP contribution in [0, 0.1) is 0 Å². The summed E-state index contributed by atoms with van der Waals surface area (Å²) in [6.07, 6.45) is 5.54. The van der Waals surface area contributed by atoms with Gasteiger partial charge in [0.1, 0.15) is 11.6 Å². The van der Waals surface area contributed by atoms with E-state index in [1.165, 1.54) is 10.4 Å². The topological polar surface area (TPSA) is 47.8 Å². The summed E-state index contributed by atoms with van der Waals surface area (Å²) < 4.78 is 2.22. The van der Waals surface area contributed by atoms with Gasteiger partial charge in [0.15, 0.2) is 5.16 Å². The van der Waals surface area contributed by atoms with E-state index in [1.54, 1.807) is 23.1 Å². The van der Waals surface area contributed by atoms with Gasteiger partial charge in [-0.1, -0.05) is 54.6 Å². The molecule has 27 heavy (non-hydrogen) atoms. The lowest BCUT2D eigenvalue weighted by molar-refractivity contribution is -0.119. The molecule has 0 amide bonds. The summed E-state index contributed by atoms with van der Waals surface area (Å²) in [5, 5.41) is 12.0. The highest BCUT2D eigenvalue weighted by Crippen LogP contribution is 2.31. The molecule has 1 aliphatic rings. The summed E-state index contributed by atoms with van der Waals surface area (Å²) in [5.41, 5.74) is 1.30. The van der Waals surface area contributed by atoms with Gasteiger partial charge in [0, 0.05) is 24.3 Å². The summed E-state index contributed by atoms with van der Waals surface area (Å²) in [6.45, 7) is 0.834. The van der Waals surface area contributed by atoms with Crippen molar-refractivity contribution in [2.75, 3.05) is 0 Å². The Hall–Kier alpha value is -1.92. The number of thiophene rings is 1. The van der Waals surface area contributed by atoms with Crippen LogP contribution in [-0.2, 0) is 24.2 Å². The molecular formula is C21H23N3OS2. The molecule has 3 aromatic rings. The van der Waals surface area contributed by atoms with E-state index in [9.17, 15) is 4.79 Å². The van der Waals surface area contributed by atoms with Gasteiger partial charge in [-0.15, -0.1) is 21.5 Å². The Morgan fingerprint density at radius 3 is 2.78 bits per heavy atom. The van der Waals surface area contributed by atoms with Crippen LogP contribution in [0.15, 0.2) is 53.0 Å². The zero-order chi connectivity index (χ0) is 18.5. The number of Topliss-reactive ketones (excluding diaryl/α,β-unsaturated/α-hetero) is 1. The van der Waals surface area contributed by atoms with E-state index in [2.05, 4.69) is 56.5 Å². The van der Waals surface area contributed by atoms with Crippen LogP contribution in [0.1, 0.15) is 41.9 Å². The maximum absolute atomic E-state index is 12.3. The van der Waals surface area contributed by atoms with E-state index in [1.807, 2.05) is 6.07 Å². The van der Waals surface area contributed by atoms with Gasteiger partial charge in [0.25, 0.3) is 0 Å². The first-order chi connectivity index (χ1) is 13.3. The van der Waals surface area contributed by atoms with Crippen LogP contribution in [0.4, 0.5) is 0 Å². The van der Waals surface area contributed by atoms with E-state index in [-0.39, 0.29) is 5.25 Å². The molecule has 0 unspecified atom stereocenters. The minimum absolute atomic E-state index is 0.0352. The molecule has 0 saturated heterocycles. The molecule has 1 saturated carbocycles. The summed E-state index contributed by atoms with van der Waals surface area (Å²) in [7, 11) is 0. The summed E-state index contributed by atoms with van der Waals surface area (Å²) in [5.74, 6) is 1.35. The van der Waals surface area contributed by atoms with Gasteiger partial charge in [-0.05, 0) is 36.3 Å². The predicted molar refractivity (Wildman–Crippen MR) is 110 cm³/mol. The Kier molecular flexibility index (Phi) is 6.04. The van der Waals surface area contributed by atoms with Crippen LogP contribution in [-0.4, -0.2) is 25.8 Å². The zero-order valence-electron chi connectivity index (χ0n) is 15.2. The minimum Gasteiger partial charge on any atom is -0.305 e. The Morgan fingerprint density at radius 1 is 1.11 bits per heavy atom. The number of rotatable bonds is 7. The van der Waals surface area contributed by atoms with Crippen LogP contribution < -0.4 is 0 Å². The maximum Gasteiger partial charge on any atom is 0.191 e. The number of thioether (sulfide) groups is 1. The van der Waals surface area contributed by atoms with E-state index in [0.29, 0.717) is 12.2 Å².